The monoisotopic (exact) mass is 471 g/mol. The highest BCUT2D eigenvalue weighted by atomic mass is 16.5. The summed E-state index contributed by atoms with van der Waals surface area (Å²) in [6, 6.07) is 21.6. The van der Waals surface area contributed by atoms with E-state index in [9.17, 15) is 9.59 Å². The average molecular weight is 472 g/mol. The summed E-state index contributed by atoms with van der Waals surface area (Å²) in [6.07, 6.45) is 1.75. The smallest absolute Gasteiger partial charge is 0.280 e. The Labute approximate surface area is 203 Å². The maximum Gasteiger partial charge on any atom is 0.280 e. The summed E-state index contributed by atoms with van der Waals surface area (Å²) in [4.78, 5) is 25.3. The van der Waals surface area contributed by atoms with Crippen molar-refractivity contribution >= 4 is 35.0 Å². The van der Waals surface area contributed by atoms with Crippen molar-refractivity contribution in [3.63, 3.8) is 0 Å². The van der Waals surface area contributed by atoms with Crippen molar-refractivity contribution in [2.24, 2.45) is 5.10 Å². The van der Waals surface area contributed by atoms with Crippen molar-refractivity contribution in [2.75, 3.05) is 31.2 Å². The molecule has 178 valence electrons. The third-order valence-electron chi connectivity index (χ3n) is 5.30. The zero-order valence-electron chi connectivity index (χ0n) is 19.6. The summed E-state index contributed by atoms with van der Waals surface area (Å²) >= 11 is 0. The van der Waals surface area contributed by atoms with Gasteiger partial charge in [-0.05, 0) is 55.0 Å². The molecule has 35 heavy (non-hydrogen) atoms. The predicted molar refractivity (Wildman–Crippen MR) is 135 cm³/mol. The Morgan fingerprint density at radius 3 is 2.40 bits per heavy atom. The quantitative estimate of drug-likeness (QED) is 0.488. The molecule has 0 atom stereocenters. The first kappa shape index (κ1) is 23.6. The Kier molecular flexibility index (Phi) is 7.11. The van der Waals surface area contributed by atoms with Gasteiger partial charge in [-0.2, -0.15) is 10.1 Å². The molecule has 0 aliphatic carbocycles. The van der Waals surface area contributed by atoms with Gasteiger partial charge in [0.2, 0.25) is 0 Å². The number of rotatable bonds is 8. The normalized spacial score (nSPS) is 14.0. The summed E-state index contributed by atoms with van der Waals surface area (Å²) in [5.74, 6) is 0.846. The molecule has 3 aromatic rings. The van der Waals surface area contributed by atoms with E-state index >= 15 is 0 Å². The largest absolute Gasteiger partial charge is 0.495 e. The van der Waals surface area contributed by atoms with Gasteiger partial charge in [-0.15, -0.1) is 0 Å². The Hall–Kier alpha value is -4.59. The van der Waals surface area contributed by atoms with E-state index in [0.29, 0.717) is 39.9 Å². The van der Waals surface area contributed by atoms with Crippen LogP contribution in [0.5, 0.6) is 17.2 Å². The van der Waals surface area contributed by atoms with Gasteiger partial charge >= 0.3 is 0 Å². The van der Waals surface area contributed by atoms with Gasteiger partial charge in [0.25, 0.3) is 11.8 Å². The first-order chi connectivity index (χ1) is 17.0. The standard InChI is InChI=1S/C27H25N3O5/c1-18-21(27(32)30(29-18)20-9-5-4-6-10-20)15-19-13-14-24(25(16-19)34-3)35-17-26(31)28-22-11-7-8-12-23(22)33-2/h4-16H,17H2,1-3H3,(H,28,31)/b21-15+. The fourth-order valence-electron chi connectivity index (χ4n) is 3.57. The van der Waals surface area contributed by atoms with E-state index in [-0.39, 0.29) is 18.4 Å². The fourth-order valence-corrected chi connectivity index (χ4v) is 3.57. The van der Waals surface area contributed by atoms with Crippen LogP contribution in [-0.4, -0.2) is 38.4 Å². The van der Waals surface area contributed by atoms with Gasteiger partial charge in [-0.1, -0.05) is 36.4 Å². The zero-order valence-corrected chi connectivity index (χ0v) is 19.6. The van der Waals surface area contributed by atoms with Crippen LogP contribution in [0.2, 0.25) is 0 Å². The lowest BCUT2D eigenvalue weighted by atomic mass is 10.1. The highest BCUT2D eigenvalue weighted by Gasteiger charge is 2.28. The van der Waals surface area contributed by atoms with E-state index in [1.54, 1.807) is 49.4 Å². The molecule has 0 unspecified atom stereocenters. The number of methoxy groups -OCH3 is 2. The van der Waals surface area contributed by atoms with Gasteiger partial charge in [-0.3, -0.25) is 9.59 Å². The summed E-state index contributed by atoms with van der Waals surface area (Å²) in [7, 11) is 3.05. The van der Waals surface area contributed by atoms with Crippen molar-refractivity contribution in [3.05, 3.63) is 83.9 Å². The van der Waals surface area contributed by atoms with Crippen LogP contribution in [-0.2, 0) is 9.59 Å². The summed E-state index contributed by atoms with van der Waals surface area (Å²) in [6.45, 7) is 1.58. The van der Waals surface area contributed by atoms with Crippen molar-refractivity contribution < 1.29 is 23.8 Å². The number of ether oxygens (including phenoxy) is 3. The Morgan fingerprint density at radius 1 is 0.943 bits per heavy atom. The van der Waals surface area contributed by atoms with E-state index < -0.39 is 0 Å². The van der Waals surface area contributed by atoms with E-state index in [1.165, 1.54) is 19.2 Å². The molecule has 0 bridgehead atoms. The third-order valence-corrected chi connectivity index (χ3v) is 5.30. The molecule has 1 aliphatic rings. The van der Waals surface area contributed by atoms with Crippen LogP contribution < -0.4 is 24.5 Å². The summed E-state index contributed by atoms with van der Waals surface area (Å²) in [5, 5.41) is 8.54. The van der Waals surface area contributed by atoms with Crippen LogP contribution in [0.25, 0.3) is 6.08 Å². The minimum Gasteiger partial charge on any atom is -0.495 e. The number of hydrazone groups is 1. The molecule has 0 saturated heterocycles. The van der Waals surface area contributed by atoms with Crippen LogP contribution in [0.3, 0.4) is 0 Å². The van der Waals surface area contributed by atoms with Crippen molar-refractivity contribution in [3.8, 4) is 17.2 Å². The maximum absolute atomic E-state index is 12.9. The number of nitrogens with one attached hydrogen (secondary N) is 1. The number of amides is 2. The number of carbonyl (C=O) groups excluding carboxylic acids is 2. The summed E-state index contributed by atoms with van der Waals surface area (Å²) < 4.78 is 16.4. The van der Waals surface area contributed by atoms with E-state index in [1.807, 2.05) is 36.4 Å². The highest BCUT2D eigenvalue weighted by molar-refractivity contribution is 6.32. The molecule has 3 aromatic carbocycles. The fraction of sp³-hybridized carbons (Fsp3) is 0.148. The molecule has 0 fully saturated rings. The number of carbonyl (C=O) groups is 2. The molecule has 0 spiro atoms. The van der Waals surface area contributed by atoms with Gasteiger partial charge in [0, 0.05) is 0 Å². The SMILES string of the molecule is COc1ccccc1NC(=O)COc1ccc(/C=C2/C(=O)N(c3ccccc3)N=C2C)cc1OC. The number of nitrogens with zero attached hydrogens (tertiary/aromatic N) is 2. The van der Waals surface area contributed by atoms with E-state index in [0.717, 1.165) is 5.56 Å². The molecule has 2 amide bonds. The predicted octanol–water partition coefficient (Wildman–Crippen LogP) is 4.53. The van der Waals surface area contributed by atoms with Crippen LogP contribution in [0, 0.1) is 0 Å². The lowest BCUT2D eigenvalue weighted by molar-refractivity contribution is -0.118. The van der Waals surface area contributed by atoms with Gasteiger partial charge in [-0.25, -0.2) is 0 Å². The second kappa shape index (κ2) is 10.6. The average Bonchev–Trinajstić information content (AvgIpc) is 3.17. The van der Waals surface area contributed by atoms with Gasteiger partial charge in [0.05, 0.1) is 36.9 Å². The zero-order chi connectivity index (χ0) is 24.8. The molecule has 4 rings (SSSR count). The molecule has 1 N–H and O–H groups in total. The molecular weight excluding hydrogens is 446 g/mol. The van der Waals surface area contributed by atoms with Crippen molar-refractivity contribution in [2.45, 2.75) is 6.92 Å². The molecule has 0 radical (unpaired) electrons. The number of benzene rings is 3. The van der Waals surface area contributed by atoms with Crippen molar-refractivity contribution in [1.82, 2.24) is 0 Å². The van der Waals surface area contributed by atoms with Crippen LogP contribution in [0.4, 0.5) is 11.4 Å². The molecular formula is C27H25N3O5. The minimum absolute atomic E-state index is 0.207. The number of hydrogen-bond donors (Lipinski definition) is 1. The second-order valence-electron chi connectivity index (χ2n) is 7.64. The molecule has 0 saturated carbocycles. The van der Waals surface area contributed by atoms with Crippen molar-refractivity contribution in [1.29, 1.82) is 0 Å². The molecule has 8 heteroatoms. The lowest BCUT2D eigenvalue weighted by Crippen LogP contribution is -2.21. The Bertz CT molecular complexity index is 1300. The molecule has 0 aromatic heterocycles. The number of para-hydroxylation sites is 3. The highest BCUT2D eigenvalue weighted by Crippen LogP contribution is 2.31. The number of hydrogen-bond acceptors (Lipinski definition) is 6. The number of anilines is 2. The lowest BCUT2D eigenvalue weighted by Gasteiger charge is -2.13. The third kappa shape index (κ3) is 5.33. The van der Waals surface area contributed by atoms with Gasteiger partial charge in [0.1, 0.15) is 5.75 Å². The van der Waals surface area contributed by atoms with Crippen LogP contribution in [0.15, 0.2) is 83.5 Å². The molecule has 1 heterocycles. The first-order valence-corrected chi connectivity index (χ1v) is 10.9. The Morgan fingerprint density at radius 2 is 1.66 bits per heavy atom. The topological polar surface area (TPSA) is 89.5 Å². The molecule has 1 aliphatic heterocycles. The van der Waals surface area contributed by atoms with E-state index in [4.69, 9.17) is 14.2 Å². The van der Waals surface area contributed by atoms with E-state index in [2.05, 4.69) is 10.4 Å². The Balaban J connectivity index is 1.46. The van der Waals surface area contributed by atoms with Crippen LogP contribution >= 0.6 is 0 Å². The van der Waals surface area contributed by atoms with Crippen LogP contribution in [0.1, 0.15) is 12.5 Å². The molecule has 8 nitrogen and oxygen atoms in total. The van der Waals surface area contributed by atoms with Gasteiger partial charge < -0.3 is 19.5 Å². The maximum atomic E-state index is 12.9. The first-order valence-electron chi connectivity index (χ1n) is 10.9. The second-order valence-corrected chi connectivity index (χ2v) is 7.64. The minimum atomic E-state index is -0.341. The van der Waals surface area contributed by atoms with Gasteiger partial charge in [0.15, 0.2) is 18.1 Å². The summed E-state index contributed by atoms with van der Waals surface area (Å²) in [5.41, 5.74) is 3.10.